The van der Waals surface area contributed by atoms with Crippen LogP contribution in [-0.2, 0) is 0 Å². The number of thioether (sulfide) groups is 1. The number of aliphatic imine (C=N–C) groups is 1. The van der Waals surface area contributed by atoms with E-state index in [0.29, 0.717) is 0 Å². The maximum Gasteiger partial charge on any atom is 0.0540 e. The molecule has 0 heterocycles. The first-order chi connectivity index (χ1) is 6.43. The number of hydrogen-bond donors (Lipinski definition) is 0. The van der Waals surface area contributed by atoms with Crippen molar-refractivity contribution < 1.29 is 0 Å². The maximum absolute atomic E-state index is 3.91. The van der Waals surface area contributed by atoms with Gasteiger partial charge in [-0.15, -0.1) is 11.8 Å². The van der Waals surface area contributed by atoms with Gasteiger partial charge in [-0.05, 0) is 18.4 Å². The molecule has 0 aromatic heterocycles. The van der Waals surface area contributed by atoms with Gasteiger partial charge in [0.15, 0.2) is 0 Å². The van der Waals surface area contributed by atoms with Crippen LogP contribution in [0.4, 0.5) is 0 Å². The van der Waals surface area contributed by atoms with E-state index in [1.165, 1.54) is 18.4 Å². The summed E-state index contributed by atoms with van der Waals surface area (Å²) in [7, 11) is 1.80. The van der Waals surface area contributed by atoms with Gasteiger partial charge in [-0.3, -0.25) is 4.99 Å². The third-order valence-corrected chi connectivity index (χ3v) is 2.36. The van der Waals surface area contributed by atoms with Crippen LogP contribution in [-0.4, -0.2) is 18.3 Å². The molecule has 0 saturated carbocycles. The molecule has 74 valence electrons. The molecule has 2 heteroatoms. The van der Waals surface area contributed by atoms with E-state index in [1.54, 1.807) is 18.8 Å². The first kappa shape index (κ1) is 12.5. The number of rotatable bonds is 3. The Labute approximate surface area is 86.0 Å². The molecule has 0 unspecified atom stereocenters. The minimum atomic E-state index is 1.06. The molecule has 13 heavy (non-hydrogen) atoms. The van der Waals surface area contributed by atoms with E-state index >= 15 is 0 Å². The maximum atomic E-state index is 3.91. The number of nitrogens with zero attached hydrogens (tertiary/aromatic N) is 1. The lowest BCUT2D eigenvalue weighted by atomic mass is 10.1. The second-order valence-electron chi connectivity index (χ2n) is 2.43. The Morgan fingerprint density at radius 3 is 2.77 bits per heavy atom. The molecule has 1 rings (SSSR count). The van der Waals surface area contributed by atoms with Gasteiger partial charge in [-0.1, -0.05) is 32.1 Å². The summed E-state index contributed by atoms with van der Waals surface area (Å²) in [6, 6.07) is 0. The summed E-state index contributed by atoms with van der Waals surface area (Å²) in [4.78, 5) is 3.91. The predicted molar refractivity (Wildman–Crippen MR) is 64.7 cm³/mol. The second kappa shape index (κ2) is 9.59. The summed E-state index contributed by atoms with van der Waals surface area (Å²) in [6.45, 7) is 4.00. The first-order valence-corrected chi connectivity index (χ1v) is 5.86. The van der Waals surface area contributed by atoms with Gasteiger partial charge in [0.2, 0.25) is 0 Å². The highest BCUT2D eigenvalue weighted by atomic mass is 32.2. The largest absolute Gasteiger partial charge is 0.290 e. The van der Waals surface area contributed by atoms with E-state index < -0.39 is 0 Å². The highest BCUT2D eigenvalue weighted by molar-refractivity contribution is 8.12. The molecule has 1 nitrogen and oxygen atoms in total. The van der Waals surface area contributed by atoms with Crippen molar-refractivity contribution in [2.75, 3.05) is 12.8 Å². The molecule has 0 amide bonds. The Hall–Kier alpha value is -0.500. The van der Waals surface area contributed by atoms with Gasteiger partial charge in [0.1, 0.15) is 0 Å². The molecule has 0 aromatic rings. The molecule has 0 aliphatic heterocycles. The Kier molecular flexibility index (Phi) is 9.22. The van der Waals surface area contributed by atoms with Gasteiger partial charge in [0.25, 0.3) is 0 Å². The monoisotopic (exact) mass is 197 g/mol. The van der Waals surface area contributed by atoms with Crippen molar-refractivity contribution in [3.05, 3.63) is 23.8 Å². The lowest BCUT2D eigenvalue weighted by Crippen LogP contribution is -1.87. The summed E-state index contributed by atoms with van der Waals surface area (Å²) < 4.78 is 0. The van der Waals surface area contributed by atoms with E-state index in [9.17, 15) is 0 Å². The molecule has 0 aromatic carbocycles. The van der Waals surface area contributed by atoms with E-state index in [2.05, 4.69) is 23.2 Å². The average molecular weight is 197 g/mol. The third kappa shape index (κ3) is 6.64. The Morgan fingerprint density at radius 1 is 1.46 bits per heavy atom. The van der Waals surface area contributed by atoms with E-state index in [1.807, 2.05) is 19.4 Å². The summed E-state index contributed by atoms with van der Waals surface area (Å²) in [5.74, 6) is 1.06. The van der Waals surface area contributed by atoms with E-state index in [0.717, 1.165) is 5.75 Å². The lowest BCUT2D eigenvalue weighted by Gasteiger charge is -2.03. The fourth-order valence-electron chi connectivity index (χ4n) is 0.983. The van der Waals surface area contributed by atoms with Crippen LogP contribution in [0.1, 0.15) is 26.7 Å². The van der Waals surface area contributed by atoms with Crippen molar-refractivity contribution in [3.8, 4) is 0 Å². The van der Waals surface area contributed by atoms with Gasteiger partial charge in [0.05, 0.1) is 5.55 Å². The highest BCUT2D eigenvalue weighted by Gasteiger charge is 1.95. The second-order valence-corrected chi connectivity index (χ2v) is 3.27. The van der Waals surface area contributed by atoms with Crippen LogP contribution >= 0.6 is 11.8 Å². The molecule has 0 bridgehead atoms. The molecule has 1 aliphatic carbocycles. The molecule has 0 atom stereocenters. The van der Waals surface area contributed by atoms with E-state index in [-0.39, 0.29) is 0 Å². The SMILES string of the molecule is CC.CN=CSCC1=CCCC=C1. The fraction of sp³-hybridized carbons (Fsp3) is 0.545. The number of hydrogen-bond acceptors (Lipinski definition) is 2. The predicted octanol–water partition coefficient (Wildman–Crippen LogP) is 3.68. The van der Waals surface area contributed by atoms with Crippen molar-refractivity contribution in [1.82, 2.24) is 0 Å². The van der Waals surface area contributed by atoms with E-state index in [4.69, 9.17) is 0 Å². The Morgan fingerprint density at radius 2 is 2.23 bits per heavy atom. The topological polar surface area (TPSA) is 12.4 Å². The van der Waals surface area contributed by atoms with Gasteiger partial charge in [-0.2, -0.15) is 0 Å². The molecule has 0 spiro atoms. The smallest absolute Gasteiger partial charge is 0.0540 e. The minimum absolute atomic E-state index is 1.06. The number of allylic oxidation sites excluding steroid dienone is 3. The van der Waals surface area contributed by atoms with Crippen LogP contribution in [0.5, 0.6) is 0 Å². The summed E-state index contributed by atoms with van der Waals surface area (Å²) in [6.07, 6.45) is 9.15. The molecular weight excluding hydrogens is 178 g/mol. The normalized spacial score (nSPS) is 15.2. The van der Waals surface area contributed by atoms with Crippen molar-refractivity contribution in [3.63, 3.8) is 0 Å². The zero-order chi connectivity index (χ0) is 9.94. The Bertz CT molecular complexity index is 192. The molecular formula is C11H19NS. The van der Waals surface area contributed by atoms with Gasteiger partial charge in [-0.25, -0.2) is 0 Å². The van der Waals surface area contributed by atoms with Crippen LogP contribution in [0.15, 0.2) is 28.8 Å². The van der Waals surface area contributed by atoms with Gasteiger partial charge >= 0.3 is 0 Å². The molecule has 0 radical (unpaired) electrons. The van der Waals surface area contributed by atoms with Crippen LogP contribution in [0, 0.1) is 0 Å². The molecule has 0 N–H and O–H groups in total. The summed E-state index contributed by atoms with van der Waals surface area (Å²) >= 11 is 1.75. The molecule has 1 aliphatic rings. The van der Waals surface area contributed by atoms with Crippen LogP contribution in [0.25, 0.3) is 0 Å². The molecule has 0 fully saturated rings. The van der Waals surface area contributed by atoms with Gasteiger partial charge < -0.3 is 0 Å². The van der Waals surface area contributed by atoms with Crippen molar-refractivity contribution in [2.24, 2.45) is 4.99 Å². The summed E-state index contributed by atoms with van der Waals surface area (Å²) in [5, 5.41) is 0. The zero-order valence-corrected chi connectivity index (χ0v) is 9.60. The summed E-state index contributed by atoms with van der Waals surface area (Å²) in [5.41, 5.74) is 3.32. The van der Waals surface area contributed by atoms with Crippen LogP contribution < -0.4 is 0 Å². The quantitative estimate of drug-likeness (QED) is 0.496. The molecule has 0 saturated heterocycles. The van der Waals surface area contributed by atoms with Crippen molar-refractivity contribution >= 4 is 17.3 Å². The lowest BCUT2D eigenvalue weighted by molar-refractivity contribution is 1.02. The zero-order valence-electron chi connectivity index (χ0n) is 8.79. The Balaban J connectivity index is 0.000000671. The van der Waals surface area contributed by atoms with Crippen LogP contribution in [0.3, 0.4) is 0 Å². The van der Waals surface area contributed by atoms with Crippen molar-refractivity contribution in [1.29, 1.82) is 0 Å². The van der Waals surface area contributed by atoms with Crippen molar-refractivity contribution in [2.45, 2.75) is 26.7 Å². The van der Waals surface area contributed by atoms with Crippen LogP contribution in [0.2, 0.25) is 0 Å². The minimum Gasteiger partial charge on any atom is -0.290 e. The third-order valence-electron chi connectivity index (χ3n) is 1.50. The van der Waals surface area contributed by atoms with Gasteiger partial charge in [0, 0.05) is 12.8 Å². The average Bonchev–Trinajstić information content (AvgIpc) is 2.23. The highest BCUT2D eigenvalue weighted by Crippen LogP contribution is 2.13. The first-order valence-electron chi connectivity index (χ1n) is 4.81. The fourth-order valence-corrected chi connectivity index (χ4v) is 1.61. The standard InChI is InChI=1S/C9H13NS.C2H6/c1-10-8-11-7-9-5-3-2-4-6-9;1-2/h3,5-6,8H,2,4,7H2,1H3;1-2H3.